The van der Waals surface area contributed by atoms with Gasteiger partial charge in [0.2, 0.25) is 0 Å². The van der Waals surface area contributed by atoms with E-state index < -0.39 is 0 Å². The van der Waals surface area contributed by atoms with Crippen LogP contribution in [0.15, 0.2) is 35.3 Å². The van der Waals surface area contributed by atoms with E-state index in [9.17, 15) is 0 Å². The van der Waals surface area contributed by atoms with Crippen LogP contribution in [-0.4, -0.2) is 18.0 Å². The smallest absolute Gasteiger partial charge is 0.0458 e. The van der Waals surface area contributed by atoms with Gasteiger partial charge in [0, 0.05) is 23.2 Å². The minimum Gasteiger partial charge on any atom is -0.398 e. The maximum Gasteiger partial charge on any atom is 0.0458 e. The van der Waals surface area contributed by atoms with E-state index >= 15 is 0 Å². The van der Waals surface area contributed by atoms with Crippen molar-refractivity contribution in [2.75, 3.05) is 18.8 Å². The van der Waals surface area contributed by atoms with Crippen LogP contribution in [0.2, 0.25) is 0 Å². The number of rotatable bonds is 5. The molecule has 0 atom stereocenters. The lowest BCUT2D eigenvalue weighted by Gasteiger charge is -2.18. The summed E-state index contributed by atoms with van der Waals surface area (Å²) in [5, 5.41) is 0. The van der Waals surface area contributed by atoms with Crippen molar-refractivity contribution in [3.8, 4) is 0 Å². The van der Waals surface area contributed by atoms with Gasteiger partial charge < -0.3 is 5.73 Å². The molecule has 0 aliphatic heterocycles. The lowest BCUT2D eigenvalue weighted by atomic mass is 10.2. The molecule has 0 saturated carbocycles. The van der Waals surface area contributed by atoms with Crippen molar-refractivity contribution in [2.45, 2.75) is 13.5 Å². The highest BCUT2D eigenvalue weighted by molar-refractivity contribution is 9.10. The largest absolute Gasteiger partial charge is 0.398 e. The Morgan fingerprint density at radius 1 is 1.53 bits per heavy atom. The Labute approximate surface area is 99.9 Å². The Morgan fingerprint density at radius 3 is 2.80 bits per heavy atom. The number of nitrogens with zero attached hydrogens (tertiary/aromatic N) is 1. The summed E-state index contributed by atoms with van der Waals surface area (Å²) in [4.78, 5) is 2.31. The van der Waals surface area contributed by atoms with E-state index in [0.717, 1.165) is 29.8 Å². The number of benzene rings is 1. The first-order valence-corrected chi connectivity index (χ1v) is 5.83. The van der Waals surface area contributed by atoms with E-state index in [1.807, 2.05) is 12.1 Å². The maximum atomic E-state index is 5.73. The van der Waals surface area contributed by atoms with E-state index in [0.29, 0.717) is 0 Å². The van der Waals surface area contributed by atoms with Gasteiger partial charge in [0.25, 0.3) is 0 Å². The molecule has 1 rings (SSSR count). The Bertz CT molecular complexity index is 336. The third-order valence-corrected chi connectivity index (χ3v) is 2.99. The number of anilines is 1. The fourth-order valence-electron chi connectivity index (χ4n) is 1.42. The molecule has 82 valence electrons. The highest BCUT2D eigenvalue weighted by Gasteiger charge is 2.03. The Kier molecular flexibility index (Phi) is 4.85. The monoisotopic (exact) mass is 268 g/mol. The highest BCUT2D eigenvalue weighted by Crippen LogP contribution is 2.21. The van der Waals surface area contributed by atoms with Gasteiger partial charge in [-0.25, -0.2) is 0 Å². The molecule has 0 unspecified atom stereocenters. The maximum absolute atomic E-state index is 5.73. The first-order chi connectivity index (χ1) is 7.17. The number of halogens is 1. The average Bonchev–Trinajstić information content (AvgIpc) is 2.23. The van der Waals surface area contributed by atoms with E-state index in [2.05, 4.69) is 46.5 Å². The number of nitrogen functional groups attached to an aromatic ring is 1. The molecule has 0 aliphatic carbocycles. The van der Waals surface area contributed by atoms with Crippen molar-refractivity contribution in [1.29, 1.82) is 0 Å². The topological polar surface area (TPSA) is 29.3 Å². The summed E-state index contributed by atoms with van der Waals surface area (Å²) in [6.07, 6.45) is 1.93. The summed E-state index contributed by atoms with van der Waals surface area (Å²) in [5.74, 6) is 0. The molecule has 0 bridgehead atoms. The average molecular weight is 269 g/mol. The number of likely N-dealkylation sites (N-methyl/N-ethyl adjacent to an activating group) is 1. The third-order valence-electron chi connectivity index (χ3n) is 2.31. The standard InChI is InChI=1S/C12H17BrN2/c1-3-7-15(4-2)9-10-5-6-12(14)11(13)8-10/h3,5-6,8H,1,4,7,9,14H2,2H3. The highest BCUT2D eigenvalue weighted by atomic mass is 79.9. The molecule has 0 spiro atoms. The van der Waals surface area contributed by atoms with Crippen LogP contribution in [0.3, 0.4) is 0 Å². The summed E-state index contributed by atoms with van der Waals surface area (Å²) in [6, 6.07) is 6.06. The van der Waals surface area contributed by atoms with Gasteiger partial charge in [-0.15, -0.1) is 6.58 Å². The molecule has 1 aromatic carbocycles. The van der Waals surface area contributed by atoms with Crippen LogP contribution in [0.4, 0.5) is 5.69 Å². The molecule has 0 heterocycles. The van der Waals surface area contributed by atoms with Gasteiger partial charge in [0.15, 0.2) is 0 Å². The molecule has 0 aromatic heterocycles. The Balaban J connectivity index is 2.70. The van der Waals surface area contributed by atoms with Gasteiger partial charge in [-0.3, -0.25) is 4.90 Å². The van der Waals surface area contributed by atoms with Crippen LogP contribution >= 0.6 is 15.9 Å². The molecule has 2 nitrogen and oxygen atoms in total. The first kappa shape index (κ1) is 12.3. The van der Waals surface area contributed by atoms with Crippen LogP contribution in [0.25, 0.3) is 0 Å². The zero-order valence-electron chi connectivity index (χ0n) is 9.04. The molecule has 0 aliphatic rings. The van der Waals surface area contributed by atoms with Crippen molar-refractivity contribution >= 4 is 21.6 Å². The molecule has 15 heavy (non-hydrogen) atoms. The molecule has 0 radical (unpaired) electrons. The predicted octanol–water partition coefficient (Wildman–Crippen LogP) is 3.04. The van der Waals surface area contributed by atoms with E-state index in [1.54, 1.807) is 0 Å². The number of hydrogen-bond donors (Lipinski definition) is 1. The lowest BCUT2D eigenvalue weighted by molar-refractivity contribution is 0.311. The molecular formula is C12H17BrN2. The van der Waals surface area contributed by atoms with Gasteiger partial charge >= 0.3 is 0 Å². The van der Waals surface area contributed by atoms with Gasteiger partial charge in [-0.1, -0.05) is 19.1 Å². The van der Waals surface area contributed by atoms with Crippen LogP contribution < -0.4 is 5.73 Å². The van der Waals surface area contributed by atoms with Crippen LogP contribution in [0.5, 0.6) is 0 Å². The molecule has 0 saturated heterocycles. The first-order valence-electron chi connectivity index (χ1n) is 5.04. The SMILES string of the molecule is C=CCN(CC)Cc1ccc(N)c(Br)c1. The second-order valence-electron chi connectivity index (χ2n) is 3.47. The fraction of sp³-hybridized carbons (Fsp3) is 0.333. The van der Waals surface area contributed by atoms with Crippen LogP contribution in [0.1, 0.15) is 12.5 Å². The Hall–Kier alpha value is -0.800. The summed E-state index contributed by atoms with van der Waals surface area (Å²) >= 11 is 3.43. The van der Waals surface area contributed by atoms with Gasteiger partial charge in [0.1, 0.15) is 0 Å². The molecule has 3 heteroatoms. The minimum atomic E-state index is 0.783. The van der Waals surface area contributed by atoms with E-state index in [4.69, 9.17) is 5.73 Å². The zero-order chi connectivity index (χ0) is 11.3. The minimum absolute atomic E-state index is 0.783. The molecule has 1 aromatic rings. The summed E-state index contributed by atoms with van der Waals surface area (Å²) in [6.45, 7) is 8.77. The quantitative estimate of drug-likeness (QED) is 0.657. The molecule has 0 amide bonds. The zero-order valence-corrected chi connectivity index (χ0v) is 10.6. The molecule has 0 fully saturated rings. The fourth-order valence-corrected chi connectivity index (χ4v) is 1.84. The second kappa shape index (κ2) is 5.93. The summed E-state index contributed by atoms with van der Waals surface area (Å²) in [5.41, 5.74) is 7.78. The van der Waals surface area contributed by atoms with E-state index in [-0.39, 0.29) is 0 Å². The summed E-state index contributed by atoms with van der Waals surface area (Å²) in [7, 11) is 0. The van der Waals surface area contributed by atoms with Crippen molar-refractivity contribution in [3.05, 3.63) is 40.9 Å². The molecular weight excluding hydrogens is 252 g/mol. The normalized spacial score (nSPS) is 10.6. The summed E-state index contributed by atoms with van der Waals surface area (Å²) < 4.78 is 0.967. The van der Waals surface area contributed by atoms with Gasteiger partial charge in [-0.05, 0) is 40.2 Å². The number of nitrogens with two attached hydrogens (primary N) is 1. The van der Waals surface area contributed by atoms with Crippen LogP contribution in [0, 0.1) is 0 Å². The van der Waals surface area contributed by atoms with Crippen molar-refractivity contribution in [2.24, 2.45) is 0 Å². The predicted molar refractivity (Wildman–Crippen MR) is 69.7 cm³/mol. The van der Waals surface area contributed by atoms with Crippen LogP contribution in [-0.2, 0) is 6.54 Å². The lowest BCUT2D eigenvalue weighted by Crippen LogP contribution is -2.22. The van der Waals surface area contributed by atoms with E-state index in [1.165, 1.54) is 5.56 Å². The van der Waals surface area contributed by atoms with Crippen molar-refractivity contribution < 1.29 is 0 Å². The van der Waals surface area contributed by atoms with Gasteiger partial charge in [0.05, 0.1) is 0 Å². The second-order valence-corrected chi connectivity index (χ2v) is 4.33. The molecule has 2 N–H and O–H groups in total. The van der Waals surface area contributed by atoms with Crippen molar-refractivity contribution in [1.82, 2.24) is 4.90 Å². The number of hydrogen-bond acceptors (Lipinski definition) is 2. The third kappa shape index (κ3) is 3.68. The Morgan fingerprint density at radius 2 is 2.27 bits per heavy atom. The van der Waals surface area contributed by atoms with Gasteiger partial charge in [-0.2, -0.15) is 0 Å². The van der Waals surface area contributed by atoms with Crippen molar-refractivity contribution in [3.63, 3.8) is 0 Å².